The second-order valence-electron chi connectivity index (χ2n) is 5.79. The molecule has 28 heavy (non-hydrogen) atoms. The van der Waals surface area contributed by atoms with E-state index in [0.717, 1.165) is 15.7 Å². The van der Waals surface area contributed by atoms with Crippen LogP contribution in [0, 0.1) is 0 Å². The zero-order valence-electron chi connectivity index (χ0n) is 15.3. The van der Waals surface area contributed by atoms with E-state index in [2.05, 4.69) is 21.2 Å². The molecule has 1 saturated heterocycles. The molecule has 0 spiro atoms. The molecule has 0 saturated carbocycles. The first-order valence-electron chi connectivity index (χ1n) is 8.50. The van der Waals surface area contributed by atoms with Gasteiger partial charge < -0.3 is 24.8 Å². The summed E-state index contributed by atoms with van der Waals surface area (Å²) in [6.07, 6.45) is 1.95. The number of aliphatic hydroxyl groups is 1. The summed E-state index contributed by atoms with van der Waals surface area (Å²) in [4.78, 5) is 25.9. The minimum Gasteiger partial charge on any atom is -0.464 e. The summed E-state index contributed by atoms with van der Waals surface area (Å²) in [7, 11) is 1.90. The van der Waals surface area contributed by atoms with Crippen molar-refractivity contribution in [3.05, 3.63) is 33.1 Å². The number of thiocarbonyl (C=S) groups is 1. The van der Waals surface area contributed by atoms with E-state index in [1.165, 1.54) is 11.8 Å². The molecule has 0 atom stereocenters. The van der Waals surface area contributed by atoms with E-state index >= 15 is 0 Å². The molecule has 2 rings (SSSR count). The van der Waals surface area contributed by atoms with Crippen LogP contribution in [0.15, 0.2) is 27.6 Å². The van der Waals surface area contributed by atoms with Gasteiger partial charge in [-0.2, -0.15) is 0 Å². The van der Waals surface area contributed by atoms with Gasteiger partial charge in [-0.15, -0.1) is 0 Å². The van der Waals surface area contributed by atoms with Crippen LogP contribution in [0.5, 0.6) is 0 Å². The number of hydrogen-bond donors (Lipinski definition) is 2. The Kier molecular flexibility index (Phi) is 9.39. The molecule has 0 bridgehead atoms. The van der Waals surface area contributed by atoms with Crippen LogP contribution in [0.2, 0.25) is 0 Å². The summed E-state index contributed by atoms with van der Waals surface area (Å²) in [5.41, 5.74) is 1.81. The molecular formula is C18H21BrN2O5S2. The normalized spacial score (nSPS) is 15.0. The van der Waals surface area contributed by atoms with Crippen LogP contribution in [-0.2, 0) is 19.1 Å². The fraction of sp³-hybridized carbons (Fsp3) is 0.389. The predicted octanol–water partition coefficient (Wildman–Crippen LogP) is 2.32. The van der Waals surface area contributed by atoms with Crippen molar-refractivity contribution in [2.24, 2.45) is 0 Å². The van der Waals surface area contributed by atoms with Crippen LogP contribution < -0.4 is 10.2 Å². The molecular weight excluding hydrogens is 468 g/mol. The summed E-state index contributed by atoms with van der Waals surface area (Å²) in [6, 6.07) is 5.77. The first-order valence-corrected chi connectivity index (χ1v) is 10.5. The Balaban J connectivity index is 1.84. The Morgan fingerprint density at radius 2 is 2.18 bits per heavy atom. The predicted molar refractivity (Wildman–Crippen MR) is 117 cm³/mol. The zero-order valence-corrected chi connectivity index (χ0v) is 18.5. The molecule has 0 radical (unpaired) electrons. The molecule has 152 valence electrons. The summed E-state index contributed by atoms with van der Waals surface area (Å²) in [5.74, 6) is -0.522. The first-order chi connectivity index (χ1) is 13.4. The monoisotopic (exact) mass is 488 g/mol. The highest BCUT2D eigenvalue weighted by atomic mass is 79.9. The van der Waals surface area contributed by atoms with E-state index in [1.54, 1.807) is 6.08 Å². The van der Waals surface area contributed by atoms with Gasteiger partial charge in [0.1, 0.15) is 10.9 Å². The van der Waals surface area contributed by atoms with Crippen LogP contribution in [0.4, 0.5) is 5.69 Å². The van der Waals surface area contributed by atoms with Gasteiger partial charge in [-0.1, -0.05) is 46.0 Å². The standard InChI is InChI=1S/C18H21BrN2O5S2/c1-21(5-8-26-16(23)4-7-25-9-6-22)13-3-2-12(14(19)11-13)10-15-17(24)20-18(27)28-15/h2-3,10-11,22H,4-9H2,1H3,(H,20,24,27)/b15-10-. The number of halogens is 1. The summed E-state index contributed by atoms with van der Waals surface area (Å²) in [5, 5.41) is 11.2. The number of likely N-dealkylation sites (N-methyl/N-ethyl adjacent to an activating group) is 1. The molecule has 1 amide bonds. The second-order valence-corrected chi connectivity index (χ2v) is 8.36. The Morgan fingerprint density at radius 3 is 2.82 bits per heavy atom. The number of benzene rings is 1. The van der Waals surface area contributed by atoms with Crippen LogP contribution in [0.3, 0.4) is 0 Å². The highest BCUT2D eigenvalue weighted by Crippen LogP contribution is 2.30. The van der Waals surface area contributed by atoms with E-state index in [9.17, 15) is 9.59 Å². The van der Waals surface area contributed by atoms with Crippen molar-refractivity contribution in [3.63, 3.8) is 0 Å². The Morgan fingerprint density at radius 1 is 1.39 bits per heavy atom. The van der Waals surface area contributed by atoms with Gasteiger partial charge in [-0.25, -0.2) is 0 Å². The van der Waals surface area contributed by atoms with Crippen molar-refractivity contribution in [3.8, 4) is 0 Å². The van der Waals surface area contributed by atoms with E-state index < -0.39 is 0 Å². The molecule has 1 heterocycles. The molecule has 1 aromatic carbocycles. The van der Waals surface area contributed by atoms with Crippen LogP contribution in [-0.4, -0.2) is 61.3 Å². The lowest BCUT2D eigenvalue weighted by atomic mass is 10.2. The van der Waals surface area contributed by atoms with Crippen molar-refractivity contribution in [2.75, 3.05) is 44.9 Å². The largest absolute Gasteiger partial charge is 0.464 e. The molecule has 10 heteroatoms. The molecule has 1 aliphatic heterocycles. The second kappa shape index (κ2) is 11.5. The fourth-order valence-corrected chi connectivity index (χ4v) is 3.77. The number of nitrogens with zero attached hydrogens (tertiary/aromatic N) is 1. The molecule has 0 aliphatic carbocycles. The third kappa shape index (κ3) is 7.17. The van der Waals surface area contributed by atoms with Crippen LogP contribution in [0.1, 0.15) is 12.0 Å². The first kappa shape index (κ1) is 22.8. The Hall–Kier alpha value is -1.46. The molecule has 1 aliphatic rings. The molecule has 7 nitrogen and oxygen atoms in total. The SMILES string of the molecule is CN(CCOC(=O)CCOCCO)c1ccc(/C=C2\SC(=S)NC2=O)c(Br)c1. The third-order valence-corrected chi connectivity index (χ3v) is 5.58. The smallest absolute Gasteiger partial charge is 0.308 e. The van der Waals surface area contributed by atoms with Crippen molar-refractivity contribution in [1.82, 2.24) is 5.32 Å². The van der Waals surface area contributed by atoms with Crippen LogP contribution >= 0.6 is 39.9 Å². The Labute approximate surface area is 181 Å². The number of hydrogen-bond acceptors (Lipinski definition) is 8. The number of carbonyl (C=O) groups is 2. The number of carbonyl (C=O) groups excluding carboxylic acids is 2. The molecule has 0 aromatic heterocycles. The number of aliphatic hydroxyl groups excluding tert-OH is 1. The van der Waals surface area contributed by atoms with E-state index in [4.69, 9.17) is 26.8 Å². The lowest BCUT2D eigenvalue weighted by molar-refractivity contribution is -0.144. The summed E-state index contributed by atoms with van der Waals surface area (Å²) in [6.45, 7) is 1.17. The average Bonchev–Trinajstić information content (AvgIpc) is 2.97. The third-order valence-electron chi connectivity index (χ3n) is 3.73. The molecule has 1 fully saturated rings. The van der Waals surface area contributed by atoms with Gasteiger partial charge in [-0.05, 0) is 23.8 Å². The van der Waals surface area contributed by atoms with Gasteiger partial charge in [0, 0.05) is 17.2 Å². The van der Waals surface area contributed by atoms with E-state index in [1.807, 2.05) is 30.1 Å². The number of esters is 1. The van der Waals surface area contributed by atoms with Crippen LogP contribution in [0.25, 0.3) is 6.08 Å². The maximum Gasteiger partial charge on any atom is 0.308 e. The number of amides is 1. The lowest BCUT2D eigenvalue weighted by Crippen LogP contribution is -2.24. The molecule has 2 N–H and O–H groups in total. The van der Waals surface area contributed by atoms with Crippen molar-refractivity contribution >= 4 is 67.9 Å². The van der Waals surface area contributed by atoms with Gasteiger partial charge in [0.05, 0.1) is 37.7 Å². The summed E-state index contributed by atoms with van der Waals surface area (Å²) < 4.78 is 11.5. The van der Waals surface area contributed by atoms with E-state index in [-0.39, 0.29) is 44.7 Å². The number of thioether (sulfide) groups is 1. The highest BCUT2D eigenvalue weighted by molar-refractivity contribution is 9.10. The van der Waals surface area contributed by atoms with Gasteiger partial charge in [0.2, 0.25) is 0 Å². The number of nitrogens with one attached hydrogen (secondary N) is 1. The molecule has 0 unspecified atom stereocenters. The van der Waals surface area contributed by atoms with Gasteiger partial charge in [0.15, 0.2) is 0 Å². The maximum absolute atomic E-state index is 11.8. The molecule has 1 aromatic rings. The minimum atomic E-state index is -0.334. The van der Waals surface area contributed by atoms with Crippen molar-refractivity contribution in [1.29, 1.82) is 0 Å². The number of ether oxygens (including phenoxy) is 2. The van der Waals surface area contributed by atoms with Gasteiger partial charge in [0.25, 0.3) is 5.91 Å². The quantitative estimate of drug-likeness (QED) is 0.224. The van der Waals surface area contributed by atoms with Gasteiger partial charge in [-0.3, -0.25) is 9.59 Å². The number of rotatable bonds is 10. The minimum absolute atomic E-state index is 0.0647. The zero-order chi connectivity index (χ0) is 20.5. The summed E-state index contributed by atoms with van der Waals surface area (Å²) >= 11 is 9.76. The van der Waals surface area contributed by atoms with Crippen molar-refractivity contribution < 1.29 is 24.2 Å². The maximum atomic E-state index is 11.8. The average molecular weight is 489 g/mol. The fourth-order valence-electron chi connectivity index (χ4n) is 2.25. The lowest BCUT2D eigenvalue weighted by Gasteiger charge is -2.20. The topological polar surface area (TPSA) is 88.1 Å². The number of anilines is 1. The Bertz CT molecular complexity index is 772. The van der Waals surface area contributed by atoms with Gasteiger partial charge >= 0.3 is 5.97 Å². The van der Waals surface area contributed by atoms with Crippen molar-refractivity contribution in [2.45, 2.75) is 6.42 Å². The van der Waals surface area contributed by atoms with E-state index in [0.29, 0.717) is 15.8 Å². The highest BCUT2D eigenvalue weighted by Gasteiger charge is 2.22.